The molecule has 1 atom stereocenters. The number of ether oxygens (including phenoxy) is 1. The Bertz CT molecular complexity index is 622. The number of hydrogen-bond donors (Lipinski definition) is 0. The van der Waals surface area contributed by atoms with Gasteiger partial charge < -0.3 is 4.74 Å². The predicted molar refractivity (Wildman–Crippen MR) is 70.0 cm³/mol. The van der Waals surface area contributed by atoms with E-state index in [4.69, 9.17) is 15.8 Å². The van der Waals surface area contributed by atoms with Gasteiger partial charge in [-0.1, -0.05) is 34.1 Å². The molecular formula is C8H7BrN6O3S. The standard InChI is InChI=1S/C8H7BrO.N6O2S/c9-7-4-2-1-3-6(7)8-5-10-8;1-3-5-9(7,8)6-4-2/h1-4,8H,5H2;. The zero-order valence-electron chi connectivity index (χ0n) is 9.29. The van der Waals surface area contributed by atoms with Gasteiger partial charge >= 0.3 is 10.2 Å². The third-order valence-electron chi connectivity index (χ3n) is 1.86. The van der Waals surface area contributed by atoms with E-state index in [0.717, 1.165) is 11.1 Å². The molecule has 9 nitrogen and oxygen atoms in total. The summed E-state index contributed by atoms with van der Waals surface area (Å²) in [6.45, 7) is 0.878. The molecule has 1 fully saturated rings. The summed E-state index contributed by atoms with van der Waals surface area (Å²) in [5, 5.41) is 0. The zero-order valence-corrected chi connectivity index (χ0v) is 11.7. The molecule has 0 saturated carbocycles. The summed E-state index contributed by atoms with van der Waals surface area (Å²) in [4.78, 5) is 3.80. The summed E-state index contributed by atoms with van der Waals surface area (Å²) < 4.78 is 30.6. The first-order chi connectivity index (χ1) is 9.00. The van der Waals surface area contributed by atoms with Crippen molar-refractivity contribution in [3.05, 3.63) is 55.2 Å². The second-order valence-corrected chi connectivity index (χ2v) is 5.21. The number of epoxide rings is 1. The quantitative estimate of drug-likeness (QED) is 0.357. The molecule has 0 bridgehead atoms. The van der Waals surface area contributed by atoms with Crippen molar-refractivity contribution in [2.45, 2.75) is 6.10 Å². The van der Waals surface area contributed by atoms with E-state index in [0.29, 0.717) is 6.10 Å². The maximum atomic E-state index is 9.99. The van der Waals surface area contributed by atoms with Gasteiger partial charge in [0.15, 0.2) is 0 Å². The van der Waals surface area contributed by atoms with Gasteiger partial charge in [-0.25, -0.2) is 8.42 Å². The minimum absolute atomic E-state index is 0.357. The van der Waals surface area contributed by atoms with Gasteiger partial charge in [0.2, 0.25) is 0 Å². The Morgan fingerprint density at radius 2 is 1.79 bits per heavy atom. The van der Waals surface area contributed by atoms with Crippen LogP contribution in [0.15, 0.2) is 37.8 Å². The maximum Gasteiger partial charge on any atom is 0.321 e. The topological polar surface area (TPSA) is 144 Å². The van der Waals surface area contributed by atoms with E-state index in [-0.39, 0.29) is 0 Å². The lowest BCUT2D eigenvalue weighted by Gasteiger charge is -1.96. The fraction of sp³-hybridized carbons (Fsp3) is 0.250. The molecule has 0 aliphatic carbocycles. The molecule has 1 aromatic rings. The van der Waals surface area contributed by atoms with Crippen molar-refractivity contribution in [3.8, 4) is 0 Å². The highest BCUT2D eigenvalue weighted by molar-refractivity contribution is 9.10. The average molecular weight is 347 g/mol. The minimum atomic E-state index is -4.27. The van der Waals surface area contributed by atoms with Gasteiger partial charge in [-0.2, -0.15) is 0 Å². The molecule has 0 radical (unpaired) electrons. The minimum Gasteiger partial charge on any atom is -0.368 e. The molecule has 1 saturated heterocycles. The zero-order chi connectivity index (χ0) is 14.3. The number of azide groups is 1. The van der Waals surface area contributed by atoms with Crippen molar-refractivity contribution < 1.29 is 13.2 Å². The molecule has 2 rings (SSSR count). The molecule has 1 aliphatic heterocycles. The molecule has 100 valence electrons. The maximum absolute atomic E-state index is 9.99. The van der Waals surface area contributed by atoms with Crippen molar-refractivity contribution >= 4 is 26.1 Å². The third-order valence-corrected chi connectivity index (χ3v) is 3.15. The Morgan fingerprint density at radius 1 is 1.26 bits per heavy atom. The molecular weight excluding hydrogens is 340 g/mol. The second kappa shape index (κ2) is 6.98. The second-order valence-electron chi connectivity index (χ2n) is 3.13. The van der Waals surface area contributed by atoms with Crippen LogP contribution in [-0.2, 0) is 14.9 Å². The van der Waals surface area contributed by atoms with Gasteiger partial charge in [0.25, 0.3) is 0 Å². The Kier molecular flexibility index (Phi) is 5.61. The van der Waals surface area contributed by atoms with Crippen molar-refractivity contribution in [2.75, 3.05) is 6.61 Å². The van der Waals surface area contributed by atoms with E-state index in [9.17, 15) is 8.42 Å². The summed E-state index contributed by atoms with van der Waals surface area (Å²) in [6, 6.07) is 8.16. The SMILES string of the molecule is Brc1ccccc1C1CO1.[N-]=[N+]=NS(=O)(=O)N=[N+]=[N-]. The summed E-state index contributed by atoms with van der Waals surface area (Å²) in [6.07, 6.45) is 0.357. The fourth-order valence-electron chi connectivity index (χ4n) is 1.07. The van der Waals surface area contributed by atoms with Crippen LogP contribution in [0, 0.1) is 0 Å². The van der Waals surface area contributed by atoms with Gasteiger partial charge in [-0.3, -0.25) is 0 Å². The first-order valence-electron chi connectivity index (χ1n) is 4.74. The summed E-state index contributed by atoms with van der Waals surface area (Å²) in [5.41, 5.74) is 16.3. The highest BCUT2D eigenvalue weighted by atomic mass is 79.9. The van der Waals surface area contributed by atoms with Crippen LogP contribution in [0.4, 0.5) is 0 Å². The Labute approximate surface area is 116 Å². The number of hydrogen-bond acceptors (Lipinski definition) is 3. The van der Waals surface area contributed by atoms with Crippen molar-refractivity contribution in [2.24, 2.45) is 9.04 Å². The molecule has 0 N–H and O–H groups in total. The molecule has 19 heavy (non-hydrogen) atoms. The monoisotopic (exact) mass is 346 g/mol. The van der Waals surface area contributed by atoms with Gasteiger partial charge in [-0.05, 0) is 22.7 Å². The van der Waals surface area contributed by atoms with E-state index in [1.54, 1.807) is 0 Å². The molecule has 1 unspecified atom stereocenters. The number of rotatable bonds is 3. The lowest BCUT2D eigenvalue weighted by atomic mass is 10.2. The van der Waals surface area contributed by atoms with E-state index in [1.807, 2.05) is 28.0 Å². The first kappa shape index (κ1) is 15.3. The van der Waals surface area contributed by atoms with Gasteiger partial charge in [0.05, 0.1) is 6.61 Å². The van der Waals surface area contributed by atoms with Crippen LogP contribution in [0.3, 0.4) is 0 Å². The van der Waals surface area contributed by atoms with Crippen LogP contribution in [0.2, 0.25) is 0 Å². The fourth-order valence-corrected chi connectivity index (χ4v) is 1.83. The molecule has 0 aromatic heterocycles. The molecule has 11 heteroatoms. The molecule has 1 aliphatic rings. The van der Waals surface area contributed by atoms with Gasteiger partial charge in [0, 0.05) is 23.3 Å². The lowest BCUT2D eigenvalue weighted by Crippen LogP contribution is -1.82. The number of benzene rings is 1. The van der Waals surface area contributed by atoms with Crippen LogP contribution in [-0.4, -0.2) is 15.0 Å². The largest absolute Gasteiger partial charge is 0.368 e. The van der Waals surface area contributed by atoms with E-state index in [1.165, 1.54) is 5.56 Å². The number of halogens is 1. The normalized spacial score (nSPS) is 16.2. The molecule has 0 spiro atoms. The molecule has 1 heterocycles. The van der Waals surface area contributed by atoms with E-state index >= 15 is 0 Å². The van der Waals surface area contributed by atoms with E-state index in [2.05, 4.69) is 31.0 Å². The summed E-state index contributed by atoms with van der Waals surface area (Å²) >= 11 is 3.46. The van der Waals surface area contributed by atoms with Gasteiger partial charge in [0.1, 0.15) is 6.10 Å². The number of nitrogens with zero attached hydrogens (tertiary/aromatic N) is 6. The molecule has 0 amide bonds. The van der Waals surface area contributed by atoms with Gasteiger partial charge in [-0.15, -0.1) is 0 Å². The summed E-state index contributed by atoms with van der Waals surface area (Å²) in [5.74, 6) is 0. The first-order valence-corrected chi connectivity index (χ1v) is 6.93. The van der Waals surface area contributed by atoms with E-state index < -0.39 is 10.2 Å². The lowest BCUT2D eigenvalue weighted by molar-refractivity contribution is 0.415. The predicted octanol–water partition coefficient (Wildman–Crippen LogP) is 3.37. The van der Waals surface area contributed by atoms with Crippen LogP contribution in [0.5, 0.6) is 0 Å². The van der Waals surface area contributed by atoms with Crippen LogP contribution in [0.1, 0.15) is 11.7 Å². The highest BCUT2D eigenvalue weighted by Gasteiger charge is 2.26. The van der Waals surface area contributed by atoms with Crippen molar-refractivity contribution in [1.82, 2.24) is 0 Å². The van der Waals surface area contributed by atoms with Crippen molar-refractivity contribution in [1.29, 1.82) is 0 Å². The Hall–Kier alpha value is -1.77. The summed E-state index contributed by atoms with van der Waals surface area (Å²) in [7, 11) is -4.27. The Balaban J connectivity index is 0.000000192. The smallest absolute Gasteiger partial charge is 0.321 e. The highest BCUT2D eigenvalue weighted by Crippen LogP contribution is 2.34. The average Bonchev–Trinajstić information content (AvgIpc) is 3.14. The van der Waals surface area contributed by atoms with Crippen LogP contribution >= 0.6 is 15.9 Å². The van der Waals surface area contributed by atoms with Crippen molar-refractivity contribution in [3.63, 3.8) is 0 Å². The Morgan fingerprint density at radius 3 is 2.21 bits per heavy atom. The molecule has 1 aromatic carbocycles. The van der Waals surface area contributed by atoms with Crippen LogP contribution < -0.4 is 0 Å². The third kappa shape index (κ3) is 5.60. The van der Waals surface area contributed by atoms with Crippen LogP contribution in [0.25, 0.3) is 20.9 Å².